The fourth-order valence-corrected chi connectivity index (χ4v) is 5.94. The number of halogens is 7. The molecular weight excluding hydrogens is 810 g/mol. The first kappa shape index (κ1) is 46.8. The number of allylic oxidation sites excluding steroid dienone is 1. The van der Waals surface area contributed by atoms with Crippen molar-refractivity contribution in [3.8, 4) is 24.2 Å². The lowest BCUT2D eigenvalue weighted by Gasteiger charge is -2.15. The first-order valence-electron chi connectivity index (χ1n) is 18.0. The summed E-state index contributed by atoms with van der Waals surface area (Å²) in [5.41, 5.74) is 2.24. The van der Waals surface area contributed by atoms with Crippen molar-refractivity contribution in [3.05, 3.63) is 190 Å². The van der Waals surface area contributed by atoms with Gasteiger partial charge in [-0.25, -0.2) is 0 Å². The van der Waals surface area contributed by atoms with Crippen molar-refractivity contribution in [1.29, 1.82) is 0 Å². The Labute approximate surface area is 346 Å². The largest absolute Gasteiger partial charge is 0.416 e. The maximum Gasteiger partial charge on any atom is 0.416 e. The maximum atomic E-state index is 12.5. The minimum atomic E-state index is -4.32. The summed E-state index contributed by atoms with van der Waals surface area (Å²) in [7, 11) is 0. The lowest BCUT2D eigenvalue weighted by molar-refractivity contribution is -0.138. The van der Waals surface area contributed by atoms with E-state index in [1.807, 2.05) is 23.2 Å². The van der Waals surface area contributed by atoms with Crippen LogP contribution >= 0.6 is 15.9 Å². The Balaban J connectivity index is 0.000000255. The molecule has 0 saturated carbocycles. The Bertz CT molecular complexity index is 2330. The highest BCUT2D eigenvalue weighted by atomic mass is 79.9. The van der Waals surface area contributed by atoms with Crippen LogP contribution < -0.4 is 10.6 Å². The second-order valence-corrected chi connectivity index (χ2v) is 13.3. The van der Waals surface area contributed by atoms with E-state index in [0.717, 1.165) is 30.8 Å². The van der Waals surface area contributed by atoms with Gasteiger partial charge in [-0.3, -0.25) is 0 Å². The molecule has 0 aliphatic heterocycles. The minimum Gasteiger partial charge on any atom is -0.307 e. The average Bonchev–Trinajstić information content (AvgIpc) is 3.21. The Morgan fingerprint density at radius 3 is 1.43 bits per heavy atom. The summed E-state index contributed by atoms with van der Waals surface area (Å²) in [5, 5.41) is 12.0. The van der Waals surface area contributed by atoms with Crippen LogP contribution in [0.1, 0.15) is 66.7 Å². The van der Waals surface area contributed by atoms with Crippen molar-refractivity contribution in [2.45, 2.75) is 45.7 Å². The highest BCUT2D eigenvalue weighted by Gasteiger charge is 2.30. The number of benzene rings is 6. The van der Waals surface area contributed by atoms with Crippen LogP contribution in [-0.4, -0.2) is 13.1 Å². The SMILES string of the molecule is C.C#Cc1ccc(C(F)(F)F)cc1.C[C@@H](NC/C=C/Br)c1cccc2ccccc12.C[C@@H](NC/C=C/C#Cc1ccc(C(F)(F)F)cc1)c1cccc2ccccc12. The fourth-order valence-electron chi connectivity index (χ4n) is 5.75. The third-order valence-corrected chi connectivity index (χ3v) is 9.14. The predicted octanol–water partition coefficient (Wildman–Crippen LogP) is 13.8. The Hall–Kier alpha value is -5.58. The summed E-state index contributed by atoms with van der Waals surface area (Å²) in [6.45, 7) is 5.83. The molecule has 58 heavy (non-hydrogen) atoms. The zero-order chi connectivity index (χ0) is 41.3. The molecule has 6 aromatic rings. The Kier molecular flexibility index (Phi) is 18.5. The van der Waals surface area contributed by atoms with Crippen LogP contribution in [0.3, 0.4) is 0 Å². The first-order valence-corrected chi connectivity index (χ1v) is 18.9. The van der Waals surface area contributed by atoms with Crippen LogP contribution in [0, 0.1) is 24.2 Å². The van der Waals surface area contributed by atoms with Gasteiger partial charge in [-0.1, -0.05) is 138 Å². The molecule has 0 spiro atoms. The van der Waals surface area contributed by atoms with Crippen molar-refractivity contribution in [3.63, 3.8) is 0 Å². The number of nitrogens with one attached hydrogen (secondary N) is 2. The standard InChI is InChI=1S/C24H20F3N.C15H16BrN.C9H5F3.CH4/c1-18(22-12-7-10-20-9-4-5-11-23(20)22)28-17-6-2-3-8-19-13-15-21(16-14-19)24(25,26)27;1-12(17-11-5-10-16)14-9-4-7-13-6-2-3-8-15(13)14;1-2-7-3-5-8(6-4-7)9(10,11)12;/h2,4-7,9-16,18,28H,17H2,1H3;2-10,12,17H,11H2,1H3;1,3-6H;1H4/b6-2+;10-5+;;/t18-;12-;;/m11../s1. The Morgan fingerprint density at radius 1 is 0.586 bits per heavy atom. The van der Waals surface area contributed by atoms with Crippen molar-refractivity contribution >= 4 is 37.5 Å². The molecular formula is C49H45BrF6N2. The van der Waals surface area contributed by atoms with Gasteiger partial charge >= 0.3 is 12.4 Å². The molecule has 0 amide bonds. The maximum absolute atomic E-state index is 12.5. The minimum absolute atomic E-state index is 0. The molecule has 6 rings (SSSR count). The van der Waals surface area contributed by atoms with Gasteiger partial charge in [0, 0.05) is 36.3 Å². The zero-order valence-electron chi connectivity index (χ0n) is 31.3. The van der Waals surface area contributed by atoms with Gasteiger partial charge in [-0.05, 0) is 106 Å². The highest BCUT2D eigenvalue weighted by molar-refractivity contribution is 9.11. The lowest BCUT2D eigenvalue weighted by Crippen LogP contribution is -2.18. The molecule has 0 radical (unpaired) electrons. The summed E-state index contributed by atoms with van der Waals surface area (Å²) >= 11 is 3.27. The number of alkyl halides is 6. The summed E-state index contributed by atoms with van der Waals surface area (Å²) in [6, 6.07) is 39.4. The second-order valence-electron chi connectivity index (χ2n) is 12.7. The van der Waals surface area contributed by atoms with Crippen LogP contribution in [0.15, 0.2) is 157 Å². The van der Waals surface area contributed by atoms with Crippen molar-refractivity contribution in [2.24, 2.45) is 0 Å². The second kappa shape index (κ2) is 23.0. The van der Waals surface area contributed by atoms with Crippen molar-refractivity contribution in [1.82, 2.24) is 10.6 Å². The van der Waals surface area contributed by atoms with Crippen LogP contribution in [0.2, 0.25) is 0 Å². The molecule has 2 nitrogen and oxygen atoms in total. The van der Waals surface area contributed by atoms with E-state index in [2.05, 4.69) is 137 Å². The molecule has 6 aromatic carbocycles. The van der Waals surface area contributed by atoms with E-state index in [0.29, 0.717) is 23.7 Å². The summed E-state index contributed by atoms with van der Waals surface area (Å²) in [5.74, 6) is 7.92. The summed E-state index contributed by atoms with van der Waals surface area (Å²) < 4.78 is 73.5. The quantitative estimate of drug-likeness (QED) is 0.118. The monoisotopic (exact) mass is 854 g/mol. The molecule has 0 saturated heterocycles. The smallest absolute Gasteiger partial charge is 0.307 e. The molecule has 0 bridgehead atoms. The number of terminal acetylenes is 1. The third-order valence-electron chi connectivity index (χ3n) is 8.76. The van der Waals surface area contributed by atoms with Gasteiger partial charge in [0.15, 0.2) is 0 Å². The topological polar surface area (TPSA) is 24.1 Å². The van der Waals surface area contributed by atoms with E-state index >= 15 is 0 Å². The van der Waals surface area contributed by atoms with E-state index in [1.165, 1.54) is 56.9 Å². The zero-order valence-corrected chi connectivity index (χ0v) is 32.9. The van der Waals surface area contributed by atoms with Gasteiger partial charge < -0.3 is 10.6 Å². The third kappa shape index (κ3) is 14.4. The highest BCUT2D eigenvalue weighted by Crippen LogP contribution is 2.30. The van der Waals surface area contributed by atoms with Gasteiger partial charge in [0.2, 0.25) is 0 Å². The van der Waals surface area contributed by atoms with Crippen LogP contribution in [0.4, 0.5) is 26.3 Å². The van der Waals surface area contributed by atoms with Gasteiger partial charge in [0.1, 0.15) is 0 Å². The predicted molar refractivity (Wildman–Crippen MR) is 232 cm³/mol. The number of rotatable bonds is 8. The van der Waals surface area contributed by atoms with E-state index in [9.17, 15) is 26.3 Å². The first-order chi connectivity index (χ1) is 27.3. The van der Waals surface area contributed by atoms with E-state index < -0.39 is 23.5 Å². The fraction of sp³-hybridized carbons (Fsp3) is 0.184. The normalized spacial score (nSPS) is 12.3. The number of hydrogen-bond donors (Lipinski definition) is 2. The van der Waals surface area contributed by atoms with Crippen LogP contribution in [0.25, 0.3) is 21.5 Å². The van der Waals surface area contributed by atoms with Gasteiger partial charge in [0.25, 0.3) is 0 Å². The van der Waals surface area contributed by atoms with E-state index in [1.54, 1.807) is 6.08 Å². The van der Waals surface area contributed by atoms with Crippen LogP contribution in [-0.2, 0) is 12.4 Å². The van der Waals surface area contributed by atoms with E-state index in [4.69, 9.17) is 6.42 Å². The molecule has 0 unspecified atom stereocenters. The molecule has 0 heterocycles. The van der Waals surface area contributed by atoms with Gasteiger partial charge in [-0.15, -0.1) is 6.42 Å². The van der Waals surface area contributed by atoms with Crippen molar-refractivity contribution in [2.75, 3.05) is 13.1 Å². The average molecular weight is 856 g/mol. The molecule has 2 atom stereocenters. The van der Waals surface area contributed by atoms with Crippen molar-refractivity contribution < 1.29 is 26.3 Å². The molecule has 0 aromatic heterocycles. The van der Waals surface area contributed by atoms with Crippen LogP contribution in [0.5, 0.6) is 0 Å². The molecule has 0 aliphatic carbocycles. The summed E-state index contributed by atoms with van der Waals surface area (Å²) in [4.78, 5) is 1.88. The van der Waals surface area contributed by atoms with E-state index in [-0.39, 0.29) is 13.5 Å². The number of fused-ring (bicyclic) bond motifs is 2. The molecule has 9 heteroatoms. The Morgan fingerprint density at radius 2 is 1.00 bits per heavy atom. The molecule has 0 aliphatic rings. The van der Waals surface area contributed by atoms with Gasteiger partial charge in [-0.2, -0.15) is 26.3 Å². The molecule has 2 N–H and O–H groups in total. The lowest BCUT2D eigenvalue weighted by atomic mass is 10.00. The van der Waals surface area contributed by atoms with Gasteiger partial charge in [0.05, 0.1) is 11.1 Å². The number of hydrogen-bond acceptors (Lipinski definition) is 2. The summed E-state index contributed by atoms with van der Waals surface area (Å²) in [6.07, 6.45) is 2.04. The molecule has 300 valence electrons. The molecule has 0 fully saturated rings.